The second kappa shape index (κ2) is 8.51. The average molecular weight is 372 g/mol. The van der Waals surface area contributed by atoms with Crippen molar-refractivity contribution < 1.29 is 4.74 Å². The van der Waals surface area contributed by atoms with Crippen molar-refractivity contribution in [3.8, 4) is 5.75 Å². The van der Waals surface area contributed by atoms with Crippen molar-refractivity contribution in [2.45, 2.75) is 6.61 Å². The van der Waals surface area contributed by atoms with Gasteiger partial charge in [-0.25, -0.2) is 4.98 Å². The molecule has 1 aromatic heterocycles. The third-order valence-electron chi connectivity index (χ3n) is 3.33. The van der Waals surface area contributed by atoms with Crippen molar-refractivity contribution in [1.82, 2.24) is 4.98 Å². The van der Waals surface area contributed by atoms with E-state index in [9.17, 15) is 0 Å². The number of nitrogens with one attached hydrogen (secondary N) is 1. The highest BCUT2D eigenvalue weighted by atomic mass is 35.5. The Bertz CT molecular complexity index is 852. The molecule has 0 aliphatic rings. The van der Waals surface area contributed by atoms with E-state index in [0.717, 1.165) is 16.9 Å². The molecule has 126 valence electrons. The van der Waals surface area contributed by atoms with Crippen LogP contribution in [-0.2, 0) is 6.61 Å². The highest BCUT2D eigenvalue weighted by Gasteiger charge is 2.01. The third kappa shape index (κ3) is 5.21. The number of anilines is 1. The number of aromatic nitrogens is 1. The lowest BCUT2D eigenvalue weighted by Gasteiger charge is -2.07. The molecule has 1 heterocycles. The normalized spacial score (nSPS) is 10.8. The van der Waals surface area contributed by atoms with Crippen LogP contribution in [0.15, 0.2) is 72.0 Å². The van der Waals surface area contributed by atoms with E-state index < -0.39 is 0 Å². The van der Waals surface area contributed by atoms with Gasteiger partial charge in [0.1, 0.15) is 18.2 Å². The molecular formula is C19H15Cl2N3O. The molecule has 2 aromatic carbocycles. The summed E-state index contributed by atoms with van der Waals surface area (Å²) in [7, 11) is 0. The lowest BCUT2D eigenvalue weighted by molar-refractivity contribution is 0.306. The summed E-state index contributed by atoms with van der Waals surface area (Å²) in [6, 6.07) is 18.7. The summed E-state index contributed by atoms with van der Waals surface area (Å²) in [6.45, 7) is 0.422. The minimum absolute atomic E-state index is 0.422. The minimum atomic E-state index is 0.422. The number of rotatable bonds is 6. The van der Waals surface area contributed by atoms with E-state index in [4.69, 9.17) is 27.9 Å². The summed E-state index contributed by atoms with van der Waals surface area (Å²) < 4.78 is 5.74. The molecule has 0 saturated carbocycles. The van der Waals surface area contributed by atoms with Crippen LogP contribution in [0.2, 0.25) is 10.0 Å². The van der Waals surface area contributed by atoms with E-state index in [-0.39, 0.29) is 0 Å². The van der Waals surface area contributed by atoms with Crippen LogP contribution in [0.3, 0.4) is 0 Å². The first-order valence-electron chi connectivity index (χ1n) is 7.57. The number of nitrogens with zero attached hydrogens (tertiary/aromatic N) is 2. The van der Waals surface area contributed by atoms with Crippen LogP contribution < -0.4 is 10.2 Å². The van der Waals surface area contributed by atoms with Gasteiger partial charge in [0.2, 0.25) is 0 Å². The van der Waals surface area contributed by atoms with E-state index in [1.165, 1.54) is 0 Å². The summed E-state index contributed by atoms with van der Waals surface area (Å²) in [4.78, 5) is 4.13. The van der Waals surface area contributed by atoms with Gasteiger partial charge in [0, 0.05) is 6.20 Å². The Morgan fingerprint density at radius 2 is 1.84 bits per heavy atom. The Balaban J connectivity index is 1.54. The highest BCUT2D eigenvalue weighted by Crippen LogP contribution is 2.23. The van der Waals surface area contributed by atoms with Gasteiger partial charge in [-0.1, -0.05) is 35.3 Å². The lowest BCUT2D eigenvalue weighted by atomic mass is 10.2. The van der Waals surface area contributed by atoms with Gasteiger partial charge in [-0.05, 0) is 59.7 Å². The summed E-state index contributed by atoms with van der Waals surface area (Å²) >= 11 is 11.9. The molecule has 3 aromatic rings. The van der Waals surface area contributed by atoms with Gasteiger partial charge in [-0.15, -0.1) is 0 Å². The SMILES string of the molecule is Clc1ccc(COc2ccc(C=NNc3ccccn3)cc2)cc1Cl. The molecule has 0 saturated heterocycles. The number of benzene rings is 2. The monoisotopic (exact) mass is 371 g/mol. The van der Waals surface area contributed by atoms with Crippen molar-refractivity contribution in [2.75, 3.05) is 5.43 Å². The van der Waals surface area contributed by atoms with E-state index in [1.54, 1.807) is 24.5 Å². The molecule has 0 spiro atoms. The molecule has 0 radical (unpaired) electrons. The van der Waals surface area contributed by atoms with Crippen LogP contribution in [0.25, 0.3) is 0 Å². The van der Waals surface area contributed by atoms with E-state index in [0.29, 0.717) is 22.5 Å². The molecule has 0 fully saturated rings. The van der Waals surface area contributed by atoms with Crippen molar-refractivity contribution in [1.29, 1.82) is 0 Å². The first kappa shape index (κ1) is 17.3. The summed E-state index contributed by atoms with van der Waals surface area (Å²) in [5.41, 5.74) is 4.78. The lowest BCUT2D eigenvalue weighted by Crippen LogP contribution is -1.96. The molecule has 3 rings (SSSR count). The van der Waals surface area contributed by atoms with Gasteiger partial charge in [0.25, 0.3) is 0 Å². The van der Waals surface area contributed by atoms with Crippen LogP contribution in [-0.4, -0.2) is 11.2 Å². The summed E-state index contributed by atoms with van der Waals surface area (Å²) in [5, 5.41) is 5.21. The smallest absolute Gasteiger partial charge is 0.146 e. The summed E-state index contributed by atoms with van der Waals surface area (Å²) in [6.07, 6.45) is 3.43. The number of pyridine rings is 1. The first-order chi connectivity index (χ1) is 12.2. The molecular weight excluding hydrogens is 357 g/mol. The zero-order valence-corrected chi connectivity index (χ0v) is 14.7. The van der Waals surface area contributed by atoms with E-state index >= 15 is 0 Å². The Labute approximate surface area is 156 Å². The Morgan fingerprint density at radius 3 is 2.56 bits per heavy atom. The van der Waals surface area contributed by atoms with E-state index in [2.05, 4.69) is 15.5 Å². The zero-order chi connectivity index (χ0) is 17.5. The van der Waals surface area contributed by atoms with Crippen LogP contribution in [0, 0.1) is 0 Å². The van der Waals surface area contributed by atoms with E-state index in [1.807, 2.05) is 48.5 Å². The molecule has 0 aliphatic heterocycles. The van der Waals surface area contributed by atoms with Crippen LogP contribution in [0.4, 0.5) is 5.82 Å². The second-order valence-electron chi connectivity index (χ2n) is 5.19. The minimum Gasteiger partial charge on any atom is -0.489 e. The largest absolute Gasteiger partial charge is 0.489 e. The maximum absolute atomic E-state index is 6.00. The fraction of sp³-hybridized carbons (Fsp3) is 0.0526. The molecule has 0 atom stereocenters. The topological polar surface area (TPSA) is 46.5 Å². The van der Waals surface area contributed by atoms with Gasteiger partial charge >= 0.3 is 0 Å². The number of hydrogen-bond acceptors (Lipinski definition) is 4. The van der Waals surface area contributed by atoms with Gasteiger partial charge in [0.05, 0.1) is 16.3 Å². The Hall–Kier alpha value is -2.56. The van der Waals surface area contributed by atoms with Crippen LogP contribution in [0.1, 0.15) is 11.1 Å². The Morgan fingerprint density at radius 1 is 1.00 bits per heavy atom. The van der Waals surface area contributed by atoms with Gasteiger partial charge < -0.3 is 4.74 Å². The molecule has 4 nitrogen and oxygen atoms in total. The number of ether oxygens (including phenoxy) is 1. The van der Waals surface area contributed by atoms with Crippen molar-refractivity contribution in [3.63, 3.8) is 0 Å². The highest BCUT2D eigenvalue weighted by molar-refractivity contribution is 6.42. The predicted molar refractivity (Wildman–Crippen MR) is 103 cm³/mol. The molecule has 6 heteroatoms. The fourth-order valence-electron chi connectivity index (χ4n) is 2.05. The van der Waals surface area contributed by atoms with Crippen molar-refractivity contribution in [2.24, 2.45) is 5.10 Å². The molecule has 0 amide bonds. The second-order valence-corrected chi connectivity index (χ2v) is 6.01. The maximum Gasteiger partial charge on any atom is 0.146 e. The fourth-order valence-corrected chi connectivity index (χ4v) is 2.37. The quantitative estimate of drug-likeness (QED) is 0.465. The molecule has 25 heavy (non-hydrogen) atoms. The van der Waals surface area contributed by atoms with Gasteiger partial charge in [-0.3, -0.25) is 5.43 Å². The Kier molecular flexibility index (Phi) is 5.88. The molecule has 0 unspecified atom stereocenters. The maximum atomic E-state index is 6.00. The summed E-state index contributed by atoms with van der Waals surface area (Å²) in [5.74, 6) is 1.46. The first-order valence-corrected chi connectivity index (χ1v) is 8.33. The molecule has 1 N–H and O–H groups in total. The molecule has 0 bridgehead atoms. The zero-order valence-electron chi connectivity index (χ0n) is 13.2. The molecule has 0 aliphatic carbocycles. The van der Waals surface area contributed by atoms with Gasteiger partial charge in [0.15, 0.2) is 0 Å². The third-order valence-corrected chi connectivity index (χ3v) is 4.07. The standard InChI is InChI=1S/C19H15Cl2N3O/c20-17-9-6-15(11-18(17)21)13-25-16-7-4-14(5-8-16)12-23-24-19-3-1-2-10-22-19/h1-12H,13H2,(H,22,24). The van der Waals surface area contributed by atoms with Crippen molar-refractivity contribution in [3.05, 3.63) is 88.0 Å². The van der Waals surface area contributed by atoms with Crippen molar-refractivity contribution >= 4 is 35.2 Å². The van der Waals surface area contributed by atoms with Crippen LogP contribution >= 0.6 is 23.2 Å². The number of halogens is 2. The van der Waals surface area contributed by atoms with Gasteiger partial charge in [-0.2, -0.15) is 5.10 Å². The average Bonchev–Trinajstić information content (AvgIpc) is 2.65. The van der Waals surface area contributed by atoms with Crippen LogP contribution in [0.5, 0.6) is 5.75 Å². The number of hydrazone groups is 1. The predicted octanol–water partition coefficient (Wildman–Crippen LogP) is 5.41. The number of hydrogen-bond donors (Lipinski definition) is 1.